The summed E-state index contributed by atoms with van der Waals surface area (Å²) in [5.41, 5.74) is 0.522. The zero-order chi connectivity index (χ0) is 11.8. The maximum absolute atomic E-state index is 11.2. The Morgan fingerprint density at radius 2 is 2.07 bits per heavy atom. The summed E-state index contributed by atoms with van der Waals surface area (Å²) in [4.78, 5) is 21.8. The van der Waals surface area contributed by atoms with E-state index in [0.717, 1.165) is 0 Å². The first-order valence-electron chi connectivity index (χ1n) is 4.62. The van der Waals surface area contributed by atoms with Crippen LogP contribution < -0.4 is 5.32 Å². The molecule has 0 spiro atoms. The van der Waals surface area contributed by atoms with Crippen molar-refractivity contribution in [1.82, 2.24) is 5.32 Å². The van der Waals surface area contributed by atoms with E-state index in [4.69, 9.17) is 10.4 Å². The van der Waals surface area contributed by atoms with Gasteiger partial charge in [-0.3, -0.25) is 4.79 Å². The van der Waals surface area contributed by atoms with Gasteiger partial charge in [-0.05, 0) is 13.3 Å². The van der Waals surface area contributed by atoms with Crippen molar-refractivity contribution in [1.29, 1.82) is 5.26 Å². The number of carbonyl (C=O) groups excluding carboxylic acids is 1. The summed E-state index contributed by atoms with van der Waals surface area (Å²) in [5.74, 6) is -1.37. The van der Waals surface area contributed by atoms with Crippen molar-refractivity contribution in [3.05, 3.63) is 11.3 Å². The lowest BCUT2D eigenvalue weighted by atomic mass is 10.2. The monoisotopic (exact) mass is 210 g/mol. The fraction of sp³-hybridized carbons (Fsp3) is 0.500. The van der Waals surface area contributed by atoms with Crippen molar-refractivity contribution in [3.8, 4) is 6.07 Å². The molecule has 0 saturated carbocycles. The number of aliphatic carboxylic acids is 1. The van der Waals surface area contributed by atoms with E-state index in [-0.39, 0.29) is 24.3 Å². The van der Waals surface area contributed by atoms with Gasteiger partial charge in [0.05, 0.1) is 11.6 Å². The average Bonchev–Trinajstić information content (AvgIpc) is 2.21. The van der Waals surface area contributed by atoms with Crippen LogP contribution in [0.4, 0.5) is 0 Å². The number of nitriles is 1. The third-order valence-corrected chi connectivity index (χ3v) is 1.88. The van der Waals surface area contributed by atoms with Crippen LogP contribution in [0.25, 0.3) is 0 Å². The highest BCUT2D eigenvalue weighted by atomic mass is 16.4. The van der Waals surface area contributed by atoms with Crippen LogP contribution in [-0.2, 0) is 9.59 Å². The van der Waals surface area contributed by atoms with Crippen LogP contribution in [0.15, 0.2) is 11.3 Å². The summed E-state index contributed by atoms with van der Waals surface area (Å²) in [5, 5.41) is 19.5. The molecule has 0 unspecified atom stereocenters. The normalized spacial score (nSPS) is 11.3. The molecule has 5 heteroatoms. The first-order chi connectivity index (χ1) is 7.02. The highest BCUT2D eigenvalue weighted by Gasteiger charge is 2.10. The van der Waals surface area contributed by atoms with E-state index in [9.17, 15) is 9.59 Å². The van der Waals surface area contributed by atoms with Crippen molar-refractivity contribution in [3.63, 3.8) is 0 Å². The largest absolute Gasteiger partial charge is 0.478 e. The van der Waals surface area contributed by atoms with E-state index in [1.165, 1.54) is 6.92 Å². The van der Waals surface area contributed by atoms with Crippen LogP contribution in [0.2, 0.25) is 0 Å². The molecule has 0 atom stereocenters. The Labute approximate surface area is 88.4 Å². The van der Waals surface area contributed by atoms with Crippen LogP contribution in [-0.4, -0.2) is 17.0 Å². The molecule has 0 rings (SSSR count). The smallest absolute Gasteiger partial charge is 0.333 e. The van der Waals surface area contributed by atoms with E-state index in [1.807, 2.05) is 6.07 Å². The van der Waals surface area contributed by atoms with Gasteiger partial charge in [0.1, 0.15) is 0 Å². The van der Waals surface area contributed by atoms with Crippen molar-refractivity contribution >= 4 is 11.9 Å². The molecule has 0 aliphatic rings. The van der Waals surface area contributed by atoms with E-state index in [2.05, 4.69) is 5.32 Å². The zero-order valence-corrected chi connectivity index (χ0v) is 8.83. The quantitative estimate of drug-likeness (QED) is 0.666. The molecule has 0 radical (unpaired) electrons. The Balaban J connectivity index is 4.48. The summed E-state index contributed by atoms with van der Waals surface area (Å²) in [7, 11) is 0. The van der Waals surface area contributed by atoms with Crippen molar-refractivity contribution in [2.24, 2.45) is 0 Å². The van der Waals surface area contributed by atoms with Gasteiger partial charge in [0.15, 0.2) is 0 Å². The maximum atomic E-state index is 11.2. The molecule has 1 amide bonds. The minimum Gasteiger partial charge on any atom is -0.478 e. The molecular weight excluding hydrogens is 196 g/mol. The Hall–Kier alpha value is -1.83. The number of hydrogen-bond donors (Lipinski definition) is 2. The van der Waals surface area contributed by atoms with Gasteiger partial charge in [0.25, 0.3) is 0 Å². The first kappa shape index (κ1) is 13.2. The van der Waals surface area contributed by atoms with Crippen molar-refractivity contribution in [2.45, 2.75) is 33.1 Å². The second kappa shape index (κ2) is 6.60. The number of nitrogens with zero attached hydrogens (tertiary/aromatic N) is 1. The van der Waals surface area contributed by atoms with Crippen LogP contribution in [0.3, 0.4) is 0 Å². The lowest BCUT2D eigenvalue weighted by molar-refractivity contribution is -0.132. The maximum Gasteiger partial charge on any atom is 0.333 e. The molecule has 0 aliphatic heterocycles. The van der Waals surface area contributed by atoms with Crippen LogP contribution >= 0.6 is 0 Å². The standard InChI is InChI=1S/C10H14N2O3/c1-3-8(7(2)10(14)15)12-9(13)5-4-6-11/h3-5H2,1-2H3,(H,12,13)(H,14,15)/b8-7+. The molecule has 0 aromatic rings. The van der Waals surface area contributed by atoms with Crippen LogP contribution in [0.1, 0.15) is 33.1 Å². The highest BCUT2D eigenvalue weighted by Crippen LogP contribution is 2.05. The van der Waals surface area contributed by atoms with Crippen molar-refractivity contribution < 1.29 is 14.7 Å². The Kier molecular flexibility index (Phi) is 5.79. The van der Waals surface area contributed by atoms with Gasteiger partial charge in [0.2, 0.25) is 5.91 Å². The van der Waals surface area contributed by atoms with Crippen LogP contribution in [0, 0.1) is 11.3 Å². The predicted molar refractivity (Wildman–Crippen MR) is 53.6 cm³/mol. The zero-order valence-electron chi connectivity index (χ0n) is 8.83. The molecular formula is C10H14N2O3. The lowest BCUT2D eigenvalue weighted by Crippen LogP contribution is -2.24. The van der Waals surface area contributed by atoms with Gasteiger partial charge >= 0.3 is 5.97 Å². The lowest BCUT2D eigenvalue weighted by Gasteiger charge is -2.08. The SMILES string of the molecule is CC/C(NC(=O)CCC#N)=C(/C)C(=O)O. The molecule has 5 nitrogen and oxygen atoms in total. The summed E-state index contributed by atoms with van der Waals surface area (Å²) in [6.45, 7) is 3.19. The van der Waals surface area contributed by atoms with E-state index in [0.29, 0.717) is 12.1 Å². The van der Waals surface area contributed by atoms with Gasteiger partial charge in [-0.1, -0.05) is 6.92 Å². The van der Waals surface area contributed by atoms with Gasteiger partial charge in [-0.2, -0.15) is 5.26 Å². The number of nitrogens with one attached hydrogen (secondary N) is 1. The number of carbonyl (C=O) groups is 2. The van der Waals surface area contributed by atoms with Crippen LogP contribution in [0.5, 0.6) is 0 Å². The molecule has 0 saturated heterocycles. The Morgan fingerprint density at radius 1 is 1.47 bits per heavy atom. The summed E-state index contributed by atoms with van der Waals surface area (Å²) >= 11 is 0. The predicted octanol–water partition coefficient (Wildman–Crippen LogP) is 1.17. The number of carboxylic acid groups (broad SMARTS) is 1. The average molecular weight is 210 g/mol. The molecule has 82 valence electrons. The molecule has 0 bridgehead atoms. The molecule has 0 aromatic heterocycles. The van der Waals surface area contributed by atoms with Crippen molar-refractivity contribution in [2.75, 3.05) is 0 Å². The number of rotatable bonds is 5. The van der Waals surface area contributed by atoms with Gasteiger partial charge in [0, 0.05) is 18.5 Å². The minimum atomic E-state index is -1.05. The first-order valence-corrected chi connectivity index (χ1v) is 4.62. The number of carboxylic acids is 1. The molecule has 0 aromatic carbocycles. The second-order valence-electron chi connectivity index (χ2n) is 2.97. The van der Waals surface area contributed by atoms with Gasteiger partial charge in [-0.25, -0.2) is 4.79 Å². The number of amides is 1. The Morgan fingerprint density at radius 3 is 2.47 bits per heavy atom. The summed E-state index contributed by atoms with van der Waals surface area (Å²) < 4.78 is 0. The van der Waals surface area contributed by atoms with Gasteiger partial charge < -0.3 is 10.4 Å². The third-order valence-electron chi connectivity index (χ3n) is 1.88. The van der Waals surface area contributed by atoms with Gasteiger partial charge in [-0.15, -0.1) is 0 Å². The highest BCUT2D eigenvalue weighted by molar-refractivity contribution is 5.88. The summed E-state index contributed by atoms with van der Waals surface area (Å²) in [6.07, 6.45) is 0.665. The molecule has 0 aliphatic carbocycles. The topological polar surface area (TPSA) is 90.2 Å². The van der Waals surface area contributed by atoms with E-state index in [1.54, 1.807) is 6.92 Å². The molecule has 2 N–H and O–H groups in total. The fourth-order valence-corrected chi connectivity index (χ4v) is 0.977. The second-order valence-corrected chi connectivity index (χ2v) is 2.97. The van der Waals surface area contributed by atoms with E-state index < -0.39 is 5.97 Å². The summed E-state index contributed by atoms with van der Waals surface area (Å²) in [6, 6.07) is 1.85. The third kappa shape index (κ3) is 4.81. The number of hydrogen-bond acceptors (Lipinski definition) is 3. The Bertz CT molecular complexity index is 326. The number of allylic oxidation sites excluding steroid dienone is 1. The minimum absolute atomic E-state index is 0.0902. The molecule has 0 fully saturated rings. The molecule has 0 heterocycles. The fourth-order valence-electron chi connectivity index (χ4n) is 0.977. The van der Waals surface area contributed by atoms with E-state index >= 15 is 0 Å². The molecule has 15 heavy (non-hydrogen) atoms.